The van der Waals surface area contributed by atoms with Crippen molar-refractivity contribution in [2.24, 2.45) is 0 Å². The molecule has 7 nitrogen and oxygen atoms in total. The molecular weight excluding hydrogens is 326 g/mol. The lowest BCUT2D eigenvalue weighted by Gasteiger charge is -2.30. The zero-order chi connectivity index (χ0) is 16.5. The van der Waals surface area contributed by atoms with Gasteiger partial charge in [-0.2, -0.15) is 4.37 Å². The third-order valence-corrected chi connectivity index (χ3v) is 5.51. The quantitative estimate of drug-likeness (QED) is 0.838. The predicted octanol–water partition coefficient (Wildman–Crippen LogP) is 3.28. The molecule has 3 heterocycles. The number of morpholine rings is 1. The second-order valence-corrected chi connectivity index (χ2v) is 7.59. The van der Waals surface area contributed by atoms with E-state index in [1.54, 1.807) is 0 Å². The molecule has 0 amide bonds. The third-order valence-electron chi connectivity index (χ3n) is 4.71. The molecule has 0 radical (unpaired) electrons. The first-order valence-corrected chi connectivity index (χ1v) is 9.51. The minimum absolute atomic E-state index is 0.197. The number of rotatable bonds is 4. The minimum atomic E-state index is -0.197. The largest absolute Gasteiger partial charge is 0.422 e. The summed E-state index contributed by atoms with van der Waals surface area (Å²) in [5.74, 6) is 3.02. The van der Waals surface area contributed by atoms with Gasteiger partial charge in [0, 0.05) is 29.9 Å². The van der Waals surface area contributed by atoms with Crippen molar-refractivity contribution in [1.29, 1.82) is 0 Å². The van der Waals surface area contributed by atoms with E-state index in [4.69, 9.17) is 14.1 Å². The van der Waals surface area contributed by atoms with Crippen molar-refractivity contribution in [2.75, 3.05) is 24.6 Å². The molecule has 1 aliphatic carbocycles. The zero-order valence-corrected chi connectivity index (χ0v) is 15.0. The van der Waals surface area contributed by atoms with Crippen LogP contribution in [0.4, 0.5) is 5.13 Å². The zero-order valence-electron chi connectivity index (χ0n) is 14.1. The Balaban J connectivity index is 1.46. The maximum Gasteiger partial charge on any atom is 0.247 e. The molecule has 0 spiro atoms. The van der Waals surface area contributed by atoms with Gasteiger partial charge in [-0.15, -0.1) is 10.2 Å². The maximum atomic E-state index is 5.83. The van der Waals surface area contributed by atoms with Crippen molar-refractivity contribution in [3.05, 3.63) is 17.6 Å². The monoisotopic (exact) mass is 349 g/mol. The number of hydrogen-bond donors (Lipinski definition) is 0. The molecule has 24 heavy (non-hydrogen) atoms. The molecule has 1 saturated heterocycles. The molecule has 1 saturated carbocycles. The molecule has 1 atom stereocenters. The summed E-state index contributed by atoms with van der Waals surface area (Å²) in [5.41, 5.74) is 0. The van der Waals surface area contributed by atoms with Gasteiger partial charge in [-0.3, -0.25) is 0 Å². The fraction of sp³-hybridized carbons (Fsp3) is 0.750. The van der Waals surface area contributed by atoms with Crippen LogP contribution in [-0.4, -0.2) is 39.3 Å². The molecular formula is C16H23N5O2S. The van der Waals surface area contributed by atoms with Gasteiger partial charge >= 0.3 is 0 Å². The van der Waals surface area contributed by atoms with Gasteiger partial charge in [0.25, 0.3) is 0 Å². The number of ether oxygens (including phenoxy) is 1. The summed E-state index contributed by atoms with van der Waals surface area (Å²) in [4.78, 5) is 7.01. The van der Waals surface area contributed by atoms with Crippen LogP contribution in [-0.2, 0) is 4.74 Å². The van der Waals surface area contributed by atoms with Gasteiger partial charge < -0.3 is 14.1 Å². The average Bonchev–Trinajstić information content (AvgIpc) is 3.34. The lowest BCUT2D eigenvalue weighted by molar-refractivity contribution is 0.0213. The SMILES string of the molecule is CC(C)c1nnc([C@@H]2CN(c3nc(C4CCCC4)ns3)CCO2)o1. The van der Waals surface area contributed by atoms with Crippen molar-refractivity contribution >= 4 is 16.7 Å². The van der Waals surface area contributed by atoms with E-state index in [1.807, 2.05) is 13.8 Å². The lowest BCUT2D eigenvalue weighted by atomic mass is 10.1. The molecule has 130 valence electrons. The highest BCUT2D eigenvalue weighted by Crippen LogP contribution is 2.35. The van der Waals surface area contributed by atoms with Crippen LogP contribution in [0.5, 0.6) is 0 Å². The summed E-state index contributed by atoms with van der Waals surface area (Å²) in [6, 6.07) is 0. The van der Waals surface area contributed by atoms with Crippen LogP contribution in [0.2, 0.25) is 0 Å². The second-order valence-electron chi connectivity index (χ2n) is 6.86. The first-order valence-electron chi connectivity index (χ1n) is 8.74. The van der Waals surface area contributed by atoms with Crippen molar-refractivity contribution in [3.63, 3.8) is 0 Å². The summed E-state index contributed by atoms with van der Waals surface area (Å²) in [6.07, 6.45) is 4.85. The van der Waals surface area contributed by atoms with E-state index in [0.717, 1.165) is 17.5 Å². The molecule has 0 unspecified atom stereocenters. The van der Waals surface area contributed by atoms with Crippen molar-refractivity contribution < 1.29 is 9.15 Å². The Labute approximate surface area is 145 Å². The van der Waals surface area contributed by atoms with E-state index >= 15 is 0 Å². The maximum absolute atomic E-state index is 5.83. The molecule has 2 fully saturated rings. The molecule has 4 rings (SSSR count). The van der Waals surface area contributed by atoms with Crippen molar-refractivity contribution in [2.45, 2.75) is 57.5 Å². The highest BCUT2D eigenvalue weighted by Gasteiger charge is 2.30. The van der Waals surface area contributed by atoms with E-state index in [9.17, 15) is 0 Å². The summed E-state index contributed by atoms with van der Waals surface area (Å²) < 4.78 is 16.2. The van der Waals surface area contributed by atoms with E-state index in [2.05, 4.69) is 19.5 Å². The molecule has 2 aromatic rings. The van der Waals surface area contributed by atoms with E-state index in [0.29, 0.717) is 30.9 Å². The minimum Gasteiger partial charge on any atom is -0.422 e. The Morgan fingerprint density at radius 1 is 1.21 bits per heavy atom. The van der Waals surface area contributed by atoms with Gasteiger partial charge in [0.15, 0.2) is 6.10 Å². The highest BCUT2D eigenvalue weighted by molar-refractivity contribution is 7.09. The number of hydrogen-bond acceptors (Lipinski definition) is 8. The average molecular weight is 349 g/mol. The van der Waals surface area contributed by atoms with Crippen LogP contribution in [0.25, 0.3) is 0 Å². The lowest BCUT2D eigenvalue weighted by Crippen LogP contribution is -2.38. The Kier molecular flexibility index (Phi) is 4.49. The number of aromatic nitrogens is 4. The molecule has 0 aromatic carbocycles. The van der Waals surface area contributed by atoms with E-state index in [-0.39, 0.29) is 12.0 Å². The Morgan fingerprint density at radius 3 is 2.79 bits per heavy atom. The molecule has 1 aliphatic heterocycles. The van der Waals surface area contributed by atoms with Crippen LogP contribution in [0.15, 0.2) is 4.42 Å². The van der Waals surface area contributed by atoms with E-state index < -0.39 is 0 Å². The van der Waals surface area contributed by atoms with Gasteiger partial charge in [0.1, 0.15) is 5.82 Å². The fourth-order valence-electron chi connectivity index (χ4n) is 3.29. The van der Waals surface area contributed by atoms with Crippen LogP contribution in [0.3, 0.4) is 0 Å². The van der Waals surface area contributed by atoms with E-state index in [1.165, 1.54) is 37.2 Å². The smallest absolute Gasteiger partial charge is 0.247 e. The topological polar surface area (TPSA) is 77.2 Å². The van der Waals surface area contributed by atoms with Crippen LogP contribution in [0, 0.1) is 0 Å². The Hall–Kier alpha value is -1.54. The van der Waals surface area contributed by atoms with Gasteiger partial charge in [-0.05, 0) is 12.8 Å². The Morgan fingerprint density at radius 2 is 2.04 bits per heavy atom. The Bertz CT molecular complexity index is 680. The normalized spacial score (nSPS) is 22.6. The number of nitrogens with zero attached hydrogens (tertiary/aromatic N) is 5. The highest BCUT2D eigenvalue weighted by atomic mass is 32.1. The molecule has 0 bridgehead atoms. The first kappa shape index (κ1) is 16.0. The summed E-state index contributed by atoms with van der Waals surface area (Å²) in [7, 11) is 0. The van der Waals surface area contributed by atoms with Crippen LogP contribution >= 0.6 is 11.5 Å². The predicted molar refractivity (Wildman–Crippen MR) is 90.4 cm³/mol. The molecule has 2 aromatic heterocycles. The van der Waals surface area contributed by atoms with Crippen LogP contribution in [0.1, 0.15) is 75.1 Å². The summed E-state index contributed by atoms with van der Waals surface area (Å²) in [5, 5.41) is 9.24. The van der Waals surface area contributed by atoms with Crippen LogP contribution < -0.4 is 4.90 Å². The summed E-state index contributed by atoms with van der Waals surface area (Å²) >= 11 is 1.49. The molecule has 0 N–H and O–H groups in total. The number of anilines is 1. The standard InChI is InChI=1S/C16H23N5O2S/c1-10(2)14-18-19-15(23-14)12-9-21(7-8-22-12)16-17-13(20-24-16)11-5-3-4-6-11/h10-12H,3-9H2,1-2H3/t12-/m0/s1. The second kappa shape index (κ2) is 6.76. The van der Waals surface area contributed by atoms with Gasteiger partial charge in [0.2, 0.25) is 16.9 Å². The fourth-order valence-corrected chi connectivity index (χ4v) is 4.07. The van der Waals surface area contributed by atoms with Crippen molar-refractivity contribution in [3.8, 4) is 0 Å². The van der Waals surface area contributed by atoms with Crippen molar-refractivity contribution in [1.82, 2.24) is 19.6 Å². The molecule has 2 aliphatic rings. The summed E-state index contributed by atoms with van der Waals surface area (Å²) in [6.45, 7) is 6.20. The molecule has 8 heteroatoms. The third kappa shape index (κ3) is 3.17. The van der Waals surface area contributed by atoms with Gasteiger partial charge in [0.05, 0.1) is 13.2 Å². The van der Waals surface area contributed by atoms with Gasteiger partial charge in [-0.25, -0.2) is 4.98 Å². The first-order chi connectivity index (χ1) is 11.7. The van der Waals surface area contributed by atoms with Gasteiger partial charge in [-0.1, -0.05) is 26.7 Å².